The van der Waals surface area contributed by atoms with Crippen molar-refractivity contribution in [2.24, 2.45) is 5.84 Å². The van der Waals surface area contributed by atoms with E-state index >= 15 is 0 Å². The molecular formula is C13H16N6O. The molecule has 104 valence electrons. The van der Waals surface area contributed by atoms with Gasteiger partial charge in [-0.05, 0) is 30.7 Å². The van der Waals surface area contributed by atoms with E-state index in [0.29, 0.717) is 23.6 Å². The third kappa shape index (κ3) is 3.48. The Hall–Kier alpha value is -2.54. The van der Waals surface area contributed by atoms with Crippen LogP contribution in [0, 0.1) is 0 Å². The van der Waals surface area contributed by atoms with Crippen molar-refractivity contribution in [1.82, 2.24) is 20.5 Å². The average molecular weight is 272 g/mol. The quantitative estimate of drug-likeness (QED) is 0.545. The third-order valence-corrected chi connectivity index (χ3v) is 2.71. The molecule has 0 aliphatic carbocycles. The number of rotatable bonds is 5. The largest absolute Gasteiger partial charge is 0.346 e. The maximum absolute atomic E-state index is 12.1. The molecule has 0 unspecified atom stereocenters. The van der Waals surface area contributed by atoms with Crippen LogP contribution in [0.3, 0.4) is 0 Å². The van der Waals surface area contributed by atoms with Gasteiger partial charge in [-0.15, -0.1) is 0 Å². The summed E-state index contributed by atoms with van der Waals surface area (Å²) in [5.41, 5.74) is 4.46. The highest BCUT2D eigenvalue weighted by Gasteiger charge is 2.09. The van der Waals surface area contributed by atoms with Crippen molar-refractivity contribution < 1.29 is 4.79 Å². The number of aryl methyl sites for hydroxylation is 1. The Morgan fingerprint density at radius 3 is 2.85 bits per heavy atom. The van der Waals surface area contributed by atoms with E-state index < -0.39 is 0 Å². The normalized spacial score (nSPS) is 10.1. The van der Waals surface area contributed by atoms with Crippen LogP contribution in [0.25, 0.3) is 0 Å². The molecule has 0 bridgehead atoms. The molecule has 1 amide bonds. The molecule has 0 saturated carbocycles. The van der Waals surface area contributed by atoms with Gasteiger partial charge in [0, 0.05) is 17.5 Å². The first-order valence-electron chi connectivity index (χ1n) is 6.25. The van der Waals surface area contributed by atoms with E-state index in [9.17, 15) is 4.79 Å². The lowest BCUT2D eigenvalue weighted by Crippen LogP contribution is -2.24. The van der Waals surface area contributed by atoms with Gasteiger partial charge in [-0.3, -0.25) is 4.79 Å². The van der Waals surface area contributed by atoms with Gasteiger partial charge in [-0.2, -0.15) is 10.2 Å². The summed E-state index contributed by atoms with van der Waals surface area (Å²) in [7, 11) is 0. The maximum Gasteiger partial charge on any atom is 0.251 e. The van der Waals surface area contributed by atoms with Gasteiger partial charge in [-0.1, -0.05) is 6.92 Å². The summed E-state index contributed by atoms with van der Waals surface area (Å²) >= 11 is 0. The summed E-state index contributed by atoms with van der Waals surface area (Å²) < 4.78 is 0. The number of pyridine rings is 1. The summed E-state index contributed by atoms with van der Waals surface area (Å²) in [5.74, 6) is 5.61. The summed E-state index contributed by atoms with van der Waals surface area (Å²) in [5, 5.41) is 10.4. The molecular weight excluding hydrogens is 256 g/mol. The lowest BCUT2D eigenvalue weighted by Gasteiger charge is -2.08. The Labute approximate surface area is 116 Å². The minimum absolute atomic E-state index is 0.204. The van der Waals surface area contributed by atoms with Crippen LogP contribution in [0.4, 0.5) is 5.82 Å². The molecule has 0 radical (unpaired) electrons. The van der Waals surface area contributed by atoms with Gasteiger partial charge in [0.1, 0.15) is 5.82 Å². The lowest BCUT2D eigenvalue weighted by molar-refractivity contribution is 0.0950. The van der Waals surface area contributed by atoms with Crippen molar-refractivity contribution >= 4 is 11.7 Å². The smallest absolute Gasteiger partial charge is 0.251 e. The van der Waals surface area contributed by atoms with Gasteiger partial charge in [-0.25, -0.2) is 10.8 Å². The van der Waals surface area contributed by atoms with Crippen LogP contribution in [0.1, 0.15) is 28.7 Å². The van der Waals surface area contributed by atoms with Crippen molar-refractivity contribution in [3.05, 3.63) is 47.4 Å². The van der Waals surface area contributed by atoms with Gasteiger partial charge < -0.3 is 10.7 Å². The van der Waals surface area contributed by atoms with E-state index in [1.165, 1.54) is 0 Å². The Kier molecular flexibility index (Phi) is 4.56. The highest BCUT2D eigenvalue weighted by atomic mass is 16.1. The van der Waals surface area contributed by atoms with Crippen LogP contribution in [-0.2, 0) is 13.0 Å². The number of nitrogens with two attached hydrogens (primary N) is 1. The number of hydrazine groups is 1. The molecule has 0 saturated heterocycles. The van der Waals surface area contributed by atoms with Crippen molar-refractivity contribution in [1.29, 1.82) is 0 Å². The first-order valence-corrected chi connectivity index (χ1v) is 6.25. The van der Waals surface area contributed by atoms with Gasteiger partial charge >= 0.3 is 0 Å². The molecule has 0 aromatic carbocycles. The maximum atomic E-state index is 12.1. The number of amides is 1. The number of hydrogen-bond donors (Lipinski definition) is 3. The molecule has 0 fully saturated rings. The molecule has 4 N–H and O–H groups in total. The van der Waals surface area contributed by atoms with Crippen molar-refractivity contribution in [3.8, 4) is 0 Å². The van der Waals surface area contributed by atoms with E-state index in [2.05, 4.69) is 25.9 Å². The molecule has 0 atom stereocenters. The van der Waals surface area contributed by atoms with E-state index in [0.717, 1.165) is 12.1 Å². The second kappa shape index (κ2) is 6.58. The number of aromatic nitrogens is 3. The monoisotopic (exact) mass is 272 g/mol. The third-order valence-electron chi connectivity index (χ3n) is 2.71. The molecule has 2 aromatic rings. The van der Waals surface area contributed by atoms with Gasteiger partial charge in [0.25, 0.3) is 5.91 Å². The zero-order valence-electron chi connectivity index (χ0n) is 11.1. The van der Waals surface area contributed by atoms with E-state index in [1.54, 1.807) is 30.5 Å². The average Bonchev–Trinajstić information content (AvgIpc) is 2.52. The van der Waals surface area contributed by atoms with Crippen LogP contribution in [-0.4, -0.2) is 21.1 Å². The Morgan fingerprint density at radius 1 is 1.35 bits per heavy atom. The molecule has 2 aromatic heterocycles. The van der Waals surface area contributed by atoms with Gasteiger partial charge in [0.2, 0.25) is 0 Å². The predicted octanol–water partition coefficient (Wildman–Crippen LogP) is 0.650. The lowest BCUT2D eigenvalue weighted by atomic mass is 10.2. The van der Waals surface area contributed by atoms with Crippen molar-refractivity contribution in [3.63, 3.8) is 0 Å². The number of nitrogens with zero attached hydrogens (tertiary/aromatic N) is 3. The highest BCUT2D eigenvalue weighted by molar-refractivity contribution is 5.94. The number of carbonyl (C=O) groups excluding carboxylic acids is 1. The summed E-state index contributed by atoms with van der Waals surface area (Å²) in [6.45, 7) is 2.28. The van der Waals surface area contributed by atoms with Gasteiger partial charge in [0.15, 0.2) is 0 Å². The number of nitrogens with one attached hydrogen (secondary N) is 2. The predicted molar refractivity (Wildman–Crippen MR) is 74.6 cm³/mol. The first kappa shape index (κ1) is 13.9. The fraction of sp³-hybridized carbons (Fsp3) is 0.231. The molecule has 0 aliphatic heterocycles. The minimum atomic E-state index is -0.204. The first-order chi connectivity index (χ1) is 9.72. The SMILES string of the molecule is CCc1cc(C(=O)NCc2cccnn2)cc(NN)n1. The number of anilines is 1. The van der Waals surface area contributed by atoms with Crippen LogP contribution in [0.15, 0.2) is 30.5 Å². The Balaban J connectivity index is 2.08. The topological polar surface area (TPSA) is 106 Å². The van der Waals surface area contributed by atoms with E-state index in [1.807, 2.05) is 6.92 Å². The molecule has 7 heteroatoms. The standard InChI is InChI=1S/C13H16N6O/c1-2-10-6-9(7-12(17-10)18-14)13(20)15-8-11-4-3-5-16-19-11/h3-7H,2,8,14H2,1H3,(H,15,20)(H,17,18). The molecule has 2 heterocycles. The summed E-state index contributed by atoms with van der Waals surface area (Å²) in [4.78, 5) is 16.3. The van der Waals surface area contributed by atoms with Crippen LogP contribution >= 0.6 is 0 Å². The molecule has 7 nitrogen and oxygen atoms in total. The zero-order chi connectivity index (χ0) is 14.4. The number of hydrogen-bond acceptors (Lipinski definition) is 6. The van der Waals surface area contributed by atoms with Crippen LogP contribution in [0.2, 0.25) is 0 Å². The van der Waals surface area contributed by atoms with Crippen LogP contribution in [0.5, 0.6) is 0 Å². The Morgan fingerprint density at radius 2 is 2.20 bits per heavy atom. The number of carbonyl (C=O) groups is 1. The van der Waals surface area contributed by atoms with E-state index in [4.69, 9.17) is 5.84 Å². The second-order valence-electron chi connectivity index (χ2n) is 4.13. The van der Waals surface area contributed by atoms with E-state index in [-0.39, 0.29) is 5.91 Å². The van der Waals surface area contributed by atoms with Gasteiger partial charge in [0.05, 0.1) is 12.2 Å². The molecule has 20 heavy (non-hydrogen) atoms. The molecule has 2 rings (SSSR count). The highest BCUT2D eigenvalue weighted by Crippen LogP contribution is 2.10. The summed E-state index contributed by atoms with van der Waals surface area (Å²) in [6.07, 6.45) is 2.31. The summed E-state index contributed by atoms with van der Waals surface area (Å²) in [6, 6.07) is 6.91. The Bertz CT molecular complexity index is 564. The van der Waals surface area contributed by atoms with Crippen LogP contribution < -0.4 is 16.6 Å². The molecule has 0 aliphatic rings. The molecule has 0 spiro atoms. The fourth-order valence-electron chi connectivity index (χ4n) is 1.67. The second-order valence-corrected chi connectivity index (χ2v) is 4.13. The van der Waals surface area contributed by atoms with Crippen molar-refractivity contribution in [2.75, 3.05) is 5.43 Å². The van der Waals surface area contributed by atoms with Crippen molar-refractivity contribution in [2.45, 2.75) is 19.9 Å². The zero-order valence-corrected chi connectivity index (χ0v) is 11.1. The fourth-order valence-corrected chi connectivity index (χ4v) is 1.67. The minimum Gasteiger partial charge on any atom is -0.346 e. The number of nitrogen functional groups attached to an aromatic ring is 1.